The highest BCUT2D eigenvalue weighted by atomic mass is 35.5. The second-order valence-electron chi connectivity index (χ2n) is 3.47. The molecule has 1 aliphatic rings. The van der Waals surface area contributed by atoms with Crippen LogP contribution in [0.1, 0.15) is 6.42 Å². The second kappa shape index (κ2) is 4.39. The molecule has 0 radical (unpaired) electrons. The molecule has 0 aliphatic carbocycles. The van der Waals surface area contributed by atoms with Crippen molar-refractivity contribution < 1.29 is 4.79 Å². The van der Waals surface area contributed by atoms with Crippen molar-refractivity contribution in [3.63, 3.8) is 0 Å². The van der Waals surface area contributed by atoms with Gasteiger partial charge >= 0.3 is 0 Å². The molecule has 16 heavy (non-hydrogen) atoms. The number of nitrogens with zero attached hydrogens (tertiary/aromatic N) is 4. The number of carbonyl (C=O) groups is 1. The van der Waals surface area contributed by atoms with Crippen LogP contribution in [-0.4, -0.2) is 45.6 Å². The predicted molar refractivity (Wildman–Crippen MR) is 59.5 cm³/mol. The minimum atomic E-state index is -0.324. The van der Waals surface area contributed by atoms with Crippen molar-refractivity contribution in [1.82, 2.24) is 20.1 Å². The van der Waals surface area contributed by atoms with Gasteiger partial charge in [-0.2, -0.15) is 4.98 Å². The van der Waals surface area contributed by atoms with E-state index in [2.05, 4.69) is 20.5 Å². The summed E-state index contributed by atoms with van der Waals surface area (Å²) in [4.78, 5) is 17.1. The Labute approximate surface area is 102 Å². The minimum Gasteiger partial charge on any atom is -0.356 e. The Balaban J connectivity index is 2.15. The highest BCUT2D eigenvalue weighted by Gasteiger charge is 2.29. The number of nitrogens with one attached hydrogen (secondary N) is 1. The summed E-state index contributed by atoms with van der Waals surface area (Å²) in [6.45, 7) is 0.709. The average Bonchev–Trinajstić information content (AvgIpc) is 2.55. The fraction of sp³-hybridized carbons (Fsp3) is 0.500. The van der Waals surface area contributed by atoms with Crippen molar-refractivity contribution in [2.24, 2.45) is 0 Å². The number of anilines is 1. The van der Waals surface area contributed by atoms with Gasteiger partial charge in [-0.25, -0.2) is 0 Å². The zero-order valence-electron chi connectivity index (χ0n) is 8.44. The lowest BCUT2D eigenvalue weighted by Gasteiger charge is -2.12. The number of likely N-dealkylation sites (N-methyl/N-ethyl adjacent to an activating group) is 1. The van der Waals surface area contributed by atoms with Crippen LogP contribution in [0.3, 0.4) is 0 Å². The van der Waals surface area contributed by atoms with Crippen molar-refractivity contribution in [3.8, 4) is 0 Å². The van der Waals surface area contributed by atoms with Gasteiger partial charge in [0.05, 0.1) is 0 Å². The Kier molecular flexibility index (Phi) is 3.11. The first-order valence-electron chi connectivity index (χ1n) is 4.65. The highest BCUT2D eigenvalue weighted by Crippen LogP contribution is 2.20. The minimum absolute atomic E-state index is 0.00537. The van der Waals surface area contributed by atoms with Crippen LogP contribution >= 0.6 is 23.2 Å². The Morgan fingerprint density at radius 2 is 2.19 bits per heavy atom. The molecule has 0 saturated carbocycles. The van der Waals surface area contributed by atoms with Crippen molar-refractivity contribution in [2.45, 2.75) is 12.5 Å². The fourth-order valence-corrected chi connectivity index (χ4v) is 1.76. The molecule has 1 aromatic heterocycles. The standard InChI is InChI=1S/C8H9Cl2N5O/c1-15-3-2-4(7(15)16)11-6-5(9)13-14-8(10)12-6/h4H,2-3H2,1H3,(H,11,12,14). The molecular weight excluding hydrogens is 253 g/mol. The van der Waals surface area contributed by atoms with Gasteiger partial charge in [0.1, 0.15) is 6.04 Å². The third-order valence-corrected chi connectivity index (χ3v) is 2.77. The van der Waals surface area contributed by atoms with E-state index in [1.54, 1.807) is 11.9 Å². The summed E-state index contributed by atoms with van der Waals surface area (Å²) >= 11 is 11.4. The predicted octanol–water partition coefficient (Wildman–Crippen LogP) is 0.821. The van der Waals surface area contributed by atoms with Crippen LogP contribution in [0.25, 0.3) is 0 Å². The van der Waals surface area contributed by atoms with Crippen LogP contribution in [0.15, 0.2) is 0 Å². The Morgan fingerprint density at radius 1 is 1.44 bits per heavy atom. The smallest absolute Gasteiger partial charge is 0.245 e. The summed E-state index contributed by atoms with van der Waals surface area (Å²) < 4.78 is 0. The number of likely N-dealkylation sites (tertiary alicyclic amines) is 1. The fourth-order valence-electron chi connectivity index (χ4n) is 1.51. The number of amides is 1. The van der Waals surface area contributed by atoms with E-state index in [1.807, 2.05) is 0 Å². The summed E-state index contributed by atoms with van der Waals surface area (Å²) in [5, 5.41) is 10.1. The normalized spacial score (nSPS) is 20.3. The maximum Gasteiger partial charge on any atom is 0.245 e. The molecule has 0 bridgehead atoms. The number of hydrogen-bond acceptors (Lipinski definition) is 5. The van der Waals surface area contributed by atoms with E-state index < -0.39 is 0 Å². The van der Waals surface area contributed by atoms with Gasteiger partial charge in [-0.1, -0.05) is 11.6 Å². The molecule has 1 N–H and O–H groups in total. The molecule has 1 fully saturated rings. The monoisotopic (exact) mass is 261 g/mol. The number of carbonyl (C=O) groups excluding carboxylic acids is 1. The van der Waals surface area contributed by atoms with E-state index in [9.17, 15) is 4.79 Å². The van der Waals surface area contributed by atoms with Crippen molar-refractivity contribution in [2.75, 3.05) is 18.9 Å². The van der Waals surface area contributed by atoms with Crippen LogP contribution in [0.4, 0.5) is 5.82 Å². The van der Waals surface area contributed by atoms with Gasteiger partial charge in [0, 0.05) is 13.6 Å². The molecule has 0 aromatic carbocycles. The first-order chi connectivity index (χ1) is 7.58. The molecule has 2 rings (SSSR count). The van der Waals surface area contributed by atoms with E-state index in [4.69, 9.17) is 23.2 Å². The zero-order chi connectivity index (χ0) is 11.7. The Hall–Kier alpha value is -1.14. The molecule has 86 valence electrons. The van der Waals surface area contributed by atoms with Crippen LogP contribution in [-0.2, 0) is 4.79 Å². The van der Waals surface area contributed by atoms with Crippen LogP contribution in [0.2, 0.25) is 10.4 Å². The van der Waals surface area contributed by atoms with Gasteiger partial charge in [0.25, 0.3) is 0 Å². The summed E-state index contributed by atoms with van der Waals surface area (Å²) in [7, 11) is 1.75. The first-order valence-corrected chi connectivity index (χ1v) is 5.41. The third kappa shape index (κ3) is 2.17. The molecule has 6 nitrogen and oxygen atoms in total. The number of aromatic nitrogens is 3. The van der Waals surface area contributed by atoms with E-state index in [0.717, 1.165) is 0 Å². The maximum atomic E-state index is 11.6. The molecule has 1 aliphatic heterocycles. The Morgan fingerprint density at radius 3 is 2.81 bits per heavy atom. The lowest BCUT2D eigenvalue weighted by atomic mass is 10.2. The topological polar surface area (TPSA) is 71.0 Å². The van der Waals surface area contributed by atoms with Gasteiger partial charge in [0.2, 0.25) is 11.2 Å². The van der Waals surface area contributed by atoms with E-state index in [1.165, 1.54) is 0 Å². The van der Waals surface area contributed by atoms with E-state index in [0.29, 0.717) is 13.0 Å². The molecule has 1 atom stereocenters. The van der Waals surface area contributed by atoms with Crippen LogP contribution in [0, 0.1) is 0 Å². The molecule has 2 heterocycles. The van der Waals surface area contributed by atoms with Crippen molar-refractivity contribution >= 4 is 34.9 Å². The number of hydrogen-bond donors (Lipinski definition) is 1. The average molecular weight is 262 g/mol. The van der Waals surface area contributed by atoms with Crippen molar-refractivity contribution in [1.29, 1.82) is 0 Å². The largest absolute Gasteiger partial charge is 0.356 e. The molecule has 0 spiro atoms. The summed E-state index contributed by atoms with van der Waals surface area (Å²) in [5.41, 5.74) is 0. The summed E-state index contributed by atoms with van der Waals surface area (Å²) in [6.07, 6.45) is 0.702. The summed E-state index contributed by atoms with van der Waals surface area (Å²) in [5.74, 6) is 0.293. The van der Waals surface area contributed by atoms with Crippen molar-refractivity contribution in [3.05, 3.63) is 10.4 Å². The first kappa shape index (κ1) is 11.3. The SMILES string of the molecule is CN1CCC(Nc2nc(Cl)nnc2Cl)C1=O. The molecule has 1 unspecified atom stereocenters. The van der Waals surface area contributed by atoms with E-state index in [-0.39, 0.29) is 28.2 Å². The molecule has 1 amide bonds. The maximum absolute atomic E-state index is 11.6. The van der Waals surface area contributed by atoms with Gasteiger partial charge in [-0.05, 0) is 18.0 Å². The lowest BCUT2D eigenvalue weighted by molar-refractivity contribution is -0.127. The second-order valence-corrected chi connectivity index (χ2v) is 4.16. The van der Waals surface area contributed by atoms with Crippen LogP contribution in [0.5, 0.6) is 0 Å². The highest BCUT2D eigenvalue weighted by molar-refractivity contribution is 6.32. The number of rotatable bonds is 2. The number of halogens is 2. The quantitative estimate of drug-likeness (QED) is 0.854. The van der Waals surface area contributed by atoms with Crippen LogP contribution < -0.4 is 5.32 Å². The van der Waals surface area contributed by atoms with Gasteiger partial charge in [0.15, 0.2) is 11.0 Å². The molecule has 8 heteroatoms. The Bertz CT molecular complexity index is 427. The summed E-state index contributed by atoms with van der Waals surface area (Å²) in [6, 6.07) is -0.324. The van der Waals surface area contributed by atoms with E-state index >= 15 is 0 Å². The third-order valence-electron chi connectivity index (χ3n) is 2.36. The van der Waals surface area contributed by atoms with Gasteiger partial charge in [-0.15, -0.1) is 10.2 Å². The molecular formula is C8H9Cl2N5O. The van der Waals surface area contributed by atoms with Gasteiger partial charge < -0.3 is 10.2 Å². The van der Waals surface area contributed by atoms with Gasteiger partial charge in [-0.3, -0.25) is 4.79 Å². The lowest BCUT2D eigenvalue weighted by Crippen LogP contribution is -2.31. The molecule has 1 saturated heterocycles. The zero-order valence-corrected chi connectivity index (χ0v) is 9.96. The molecule has 1 aromatic rings.